The smallest absolute Gasteiger partial charge is 0.264 e. The van der Waals surface area contributed by atoms with Gasteiger partial charge in [0.1, 0.15) is 6.61 Å². The van der Waals surface area contributed by atoms with Crippen LogP contribution < -0.4 is 14.8 Å². The number of halogens is 2. The Bertz CT molecular complexity index is 1270. The summed E-state index contributed by atoms with van der Waals surface area (Å²) < 4.78 is 11.7. The molecule has 1 saturated heterocycles. The van der Waals surface area contributed by atoms with Gasteiger partial charge in [0.25, 0.3) is 5.91 Å². The average molecular weight is 513 g/mol. The number of rotatable bonds is 7. The van der Waals surface area contributed by atoms with E-state index < -0.39 is 0 Å². The van der Waals surface area contributed by atoms with E-state index in [1.165, 1.54) is 11.8 Å². The second-order valence-electron chi connectivity index (χ2n) is 7.46. The van der Waals surface area contributed by atoms with Crippen LogP contribution in [0.3, 0.4) is 0 Å². The Kier molecular flexibility index (Phi) is 7.83. The molecule has 0 aliphatic carbocycles. The third kappa shape index (κ3) is 5.95. The maximum absolute atomic E-state index is 12.5. The zero-order chi connectivity index (χ0) is 24.1. The standard InChI is InChI=1S/C26H22Cl2N2O3S/c1-3-32-22-13-17(12-21(28)24(22)33-15-18-6-4-5-7-20(18)27)14-23-25(31)30-26(34-23)29-19-10-8-16(2)9-11-19/h4-14H,3,15H2,1-2H3,(H,29,30,31)/b23-14-. The van der Waals surface area contributed by atoms with Gasteiger partial charge in [-0.2, -0.15) is 0 Å². The number of aryl methyl sites for hydroxylation is 1. The number of aliphatic imine (C=N–C) groups is 1. The minimum atomic E-state index is -0.219. The fourth-order valence-electron chi connectivity index (χ4n) is 3.21. The molecule has 0 atom stereocenters. The van der Waals surface area contributed by atoms with Crippen LogP contribution in [0, 0.1) is 6.92 Å². The number of amides is 1. The molecule has 34 heavy (non-hydrogen) atoms. The maximum Gasteiger partial charge on any atom is 0.264 e. The van der Waals surface area contributed by atoms with Gasteiger partial charge >= 0.3 is 0 Å². The van der Waals surface area contributed by atoms with E-state index in [0.29, 0.717) is 43.8 Å². The summed E-state index contributed by atoms with van der Waals surface area (Å²) in [5, 5.41) is 4.32. The highest BCUT2D eigenvalue weighted by Gasteiger charge is 2.24. The molecule has 0 bridgehead atoms. The zero-order valence-electron chi connectivity index (χ0n) is 18.6. The van der Waals surface area contributed by atoms with E-state index in [4.69, 9.17) is 32.7 Å². The largest absolute Gasteiger partial charge is 0.490 e. The molecule has 1 aliphatic rings. The summed E-state index contributed by atoms with van der Waals surface area (Å²) in [7, 11) is 0. The van der Waals surface area contributed by atoms with Gasteiger partial charge in [0.15, 0.2) is 16.7 Å². The Labute approximate surface area is 212 Å². The van der Waals surface area contributed by atoms with E-state index in [2.05, 4.69) is 10.3 Å². The molecule has 0 radical (unpaired) electrons. The molecule has 3 aromatic carbocycles. The van der Waals surface area contributed by atoms with Crippen LogP contribution in [0.4, 0.5) is 5.69 Å². The first-order valence-corrected chi connectivity index (χ1v) is 12.2. The van der Waals surface area contributed by atoms with E-state index in [9.17, 15) is 4.79 Å². The van der Waals surface area contributed by atoms with Crippen LogP contribution in [0.15, 0.2) is 70.6 Å². The number of hydrogen-bond donors (Lipinski definition) is 1. The highest BCUT2D eigenvalue weighted by molar-refractivity contribution is 8.18. The summed E-state index contributed by atoms with van der Waals surface area (Å²) in [6.07, 6.45) is 1.75. The molecule has 0 unspecified atom stereocenters. The number of ether oxygens (including phenoxy) is 2. The first kappa shape index (κ1) is 24.2. The van der Waals surface area contributed by atoms with Crippen LogP contribution in [-0.2, 0) is 11.4 Å². The van der Waals surface area contributed by atoms with E-state index in [0.717, 1.165) is 16.8 Å². The Morgan fingerprint density at radius 2 is 1.79 bits per heavy atom. The molecule has 5 nitrogen and oxygen atoms in total. The Morgan fingerprint density at radius 1 is 1.03 bits per heavy atom. The zero-order valence-corrected chi connectivity index (χ0v) is 20.9. The summed E-state index contributed by atoms with van der Waals surface area (Å²) >= 11 is 14.1. The van der Waals surface area contributed by atoms with Crippen LogP contribution in [0.25, 0.3) is 6.08 Å². The number of carbonyl (C=O) groups is 1. The van der Waals surface area contributed by atoms with Crippen molar-refractivity contribution in [1.29, 1.82) is 0 Å². The summed E-state index contributed by atoms with van der Waals surface area (Å²) in [6.45, 7) is 4.57. The average Bonchev–Trinajstić information content (AvgIpc) is 3.14. The molecule has 1 heterocycles. The Hall–Kier alpha value is -2.93. The molecular weight excluding hydrogens is 491 g/mol. The monoisotopic (exact) mass is 512 g/mol. The third-order valence-electron chi connectivity index (χ3n) is 4.87. The lowest BCUT2D eigenvalue weighted by Crippen LogP contribution is -2.19. The normalized spacial score (nSPS) is 15.6. The molecule has 1 N–H and O–H groups in total. The van der Waals surface area contributed by atoms with Crippen molar-refractivity contribution in [2.75, 3.05) is 6.61 Å². The molecule has 0 saturated carbocycles. The van der Waals surface area contributed by atoms with Crippen LogP contribution in [0.2, 0.25) is 10.0 Å². The van der Waals surface area contributed by atoms with Crippen molar-refractivity contribution in [3.63, 3.8) is 0 Å². The van der Waals surface area contributed by atoms with Gasteiger partial charge in [-0.3, -0.25) is 4.79 Å². The maximum atomic E-state index is 12.5. The van der Waals surface area contributed by atoms with Crippen molar-refractivity contribution in [1.82, 2.24) is 5.32 Å². The highest BCUT2D eigenvalue weighted by atomic mass is 35.5. The molecule has 1 aliphatic heterocycles. The molecule has 1 amide bonds. The van der Waals surface area contributed by atoms with Gasteiger partial charge in [-0.25, -0.2) is 4.99 Å². The number of nitrogens with one attached hydrogen (secondary N) is 1. The summed E-state index contributed by atoms with van der Waals surface area (Å²) in [4.78, 5) is 17.5. The number of carbonyl (C=O) groups excluding carboxylic acids is 1. The fraction of sp³-hybridized carbons (Fsp3) is 0.154. The minimum Gasteiger partial charge on any atom is -0.490 e. The third-order valence-corrected chi connectivity index (χ3v) is 6.43. The van der Waals surface area contributed by atoms with Gasteiger partial charge in [0.05, 0.1) is 22.2 Å². The molecular formula is C26H22Cl2N2O3S. The van der Waals surface area contributed by atoms with E-state index in [-0.39, 0.29) is 12.5 Å². The van der Waals surface area contributed by atoms with Gasteiger partial charge in [0.2, 0.25) is 0 Å². The number of benzene rings is 3. The van der Waals surface area contributed by atoms with E-state index in [1.807, 2.05) is 56.3 Å². The van der Waals surface area contributed by atoms with Gasteiger partial charge in [-0.1, -0.05) is 59.1 Å². The predicted octanol–water partition coefficient (Wildman–Crippen LogP) is 7.17. The SMILES string of the molecule is CCOc1cc(/C=C2\SC(=Nc3ccc(C)cc3)NC2=O)cc(Cl)c1OCc1ccccc1Cl. The topological polar surface area (TPSA) is 59.9 Å². The number of nitrogens with zero attached hydrogens (tertiary/aromatic N) is 1. The van der Waals surface area contributed by atoms with E-state index in [1.54, 1.807) is 24.3 Å². The quantitative estimate of drug-likeness (QED) is 0.340. The van der Waals surface area contributed by atoms with Gasteiger partial charge in [-0.15, -0.1) is 0 Å². The van der Waals surface area contributed by atoms with Crippen LogP contribution in [0.5, 0.6) is 11.5 Å². The molecule has 3 aromatic rings. The second kappa shape index (κ2) is 11.0. The van der Waals surface area contributed by atoms with E-state index >= 15 is 0 Å². The first-order chi connectivity index (χ1) is 16.4. The summed E-state index contributed by atoms with van der Waals surface area (Å²) in [5.74, 6) is 0.700. The minimum absolute atomic E-state index is 0.219. The van der Waals surface area contributed by atoms with Crippen molar-refractivity contribution in [2.45, 2.75) is 20.5 Å². The lowest BCUT2D eigenvalue weighted by atomic mass is 10.1. The number of thioether (sulfide) groups is 1. The Morgan fingerprint density at radius 3 is 2.53 bits per heavy atom. The van der Waals surface area contributed by atoms with Crippen molar-refractivity contribution in [3.8, 4) is 11.5 Å². The molecule has 174 valence electrons. The highest BCUT2D eigenvalue weighted by Crippen LogP contribution is 2.39. The molecule has 1 fully saturated rings. The van der Waals surface area contributed by atoms with Crippen LogP contribution in [0.1, 0.15) is 23.6 Å². The van der Waals surface area contributed by atoms with Crippen LogP contribution in [-0.4, -0.2) is 17.7 Å². The molecule has 4 rings (SSSR count). The van der Waals surface area contributed by atoms with Crippen LogP contribution >= 0.6 is 35.0 Å². The predicted molar refractivity (Wildman–Crippen MR) is 140 cm³/mol. The Balaban J connectivity index is 1.56. The lowest BCUT2D eigenvalue weighted by Gasteiger charge is -2.15. The lowest BCUT2D eigenvalue weighted by molar-refractivity contribution is -0.115. The second-order valence-corrected chi connectivity index (χ2v) is 9.31. The molecule has 0 spiro atoms. The van der Waals surface area contributed by atoms with Gasteiger partial charge in [0, 0.05) is 10.6 Å². The van der Waals surface area contributed by atoms with Crippen molar-refractivity contribution < 1.29 is 14.3 Å². The van der Waals surface area contributed by atoms with Gasteiger partial charge in [-0.05, 0) is 67.6 Å². The van der Waals surface area contributed by atoms with Crippen molar-refractivity contribution >= 4 is 57.8 Å². The van der Waals surface area contributed by atoms with Crippen molar-refractivity contribution in [2.24, 2.45) is 4.99 Å². The molecule has 0 aromatic heterocycles. The molecule has 8 heteroatoms. The fourth-order valence-corrected chi connectivity index (χ4v) is 4.51. The van der Waals surface area contributed by atoms with Crippen molar-refractivity contribution in [3.05, 3.63) is 92.3 Å². The summed E-state index contributed by atoms with van der Waals surface area (Å²) in [5.41, 5.74) is 3.48. The van der Waals surface area contributed by atoms with Gasteiger partial charge < -0.3 is 14.8 Å². The first-order valence-electron chi connectivity index (χ1n) is 10.6. The number of amidine groups is 1. The number of hydrogen-bond acceptors (Lipinski definition) is 5. The summed E-state index contributed by atoms with van der Waals surface area (Å²) in [6, 6.07) is 18.8.